The van der Waals surface area contributed by atoms with Crippen molar-refractivity contribution in [2.24, 2.45) is 5.92 Å². The fourth-order valence-electron chi connectivity index (χ4n) is 4.30. The van der Waals surface area contributed by atoms with E-state index in [1.165, 1.54) is 0 Å². The number of rotatable bonds is 8. The molecule has 0 radical (unpaired) electrons. The molecule has 0 spiro atoms. The molecule has 3 aromatic rings. The Morgan fingerprint density at radius 3 is 2.74 bits per heavy atom. The Morgan fingerprint density at radius 2 is 1.94 bits per heavy atom. The van der Waals surface area contributed by atoms with Gasteiger partial charge in [-0.3, -0.25) is 4.79 Å². The summed E-state index contributed by atoms with van der Waals surface area (Å²) in [6.07, 6.45) is 5.99. The molecule has 4 rings (SSSR count). The number of aromatic amines is 1. The number of anilines is 1. The smallest absolute Gasteiger partial charge is 0.225 e. The van der Waals surface area contributed by atoms with Crippen LogP contribution < -0.4 is 10.2 Å². The lowest BCUT2D eigenvalue weighted by Gasteiger charge is -2.32. The molecule has 164 valence electrons. The molecule has 7 nitrogen and oxygen atoms in total. The molecule has 0 bridgehead atoms. The van der Waals surface area contributed by atoms with Crippen molar-refractivity contribution >= 4 is 22.9 Å². The van der Waals surface area contributed by atoms with E-state index in [0.29, 0.717) is 6.54 Å². The number of H-pyrrole nitrogens is 1. The molecule has 2 N–H and O–H groups in total. The summed E-state index contributed by atoms with van der Waals surface area (Å²) in [7, 11) is 0. The fourth-order valence-corrected chi connectivity index (χ4v) is 4.30. The molecule has 0 saturated carbocycles. The minimum atomic E-state index is 0.00807. The first-order valence-electron chi connectivity index (χ1n) is 11.4. The number of carbonyl (C=O) groups is 1. The first-order valence-corrected chi connectivity index (χ1v) is 11.4. The zero-order chi connectivity index (χ0) is 21.6. The van der Waals surface area contributed by atoms with Crippen molar-refractivity contribution in [3.8, 4) is 0 Å². The number of para-hydroxylation sites is 2. The Bertz CT molecular complexity index is 977. The Kier molecular flexibility index (Phi) is 6.79. The molecule has 1 amide bonds. The van der Waals surface area contributed by atoms with Crippen LogP contribution in [0, 0.1) is 19.8 Å². The summed E-state index contributed by atoms with van der Waals surface area (Å²) in [5.74, 6) is 1.96. The molecule has 1 saturated heterocycles. The van der Waals surface area contributed by atoms with E-state index in [-0.39, 0.29) is 11.8 Å². The van der Waals surface area contributed by atoms with Gasteiger partial charge in [0.15, 0.2) is 0 Å². The quantitative estimate of drug-likeness (QED) is 0.543. The van der Waals surface area contributed by atoms with Crippen LogP contribution in [0.3, 0.4) is 0 Å². The summed E-state index contributed by atoms with van der Waals surface area (Å²) >= 11 is 0. The van der Waals surface area contributed by atoms with Gasteiger partial charge < -0.3 is 15.2 Å². The zero-order valence-electron chi connectivity index (χ0n) is 18.5. The summed E-state index contributed by atoms with van der Waals surface area (Å²) in [4.78, 5) is 31.9. The third kappa shape index (κ3) is 5.60. The summed E-state index contributed by atoms with van der Waals surface area (Å²) in [6, 6.07) is 10.1. The average Bonchev–Trinajstić information content (AvgIpc) is 3.18. The number of fused-ring (bicyclic) bond motifs is 1. The first kappa shape index (κ1) is 21.3. The summed E-state index contributed by atoms with van der Waals surface area (Å²) < 4.78 is 0. The van der Waals surface area contributed by atoms with Crippen LogP contribution in [0.2, 0.25) is 0 Å². The second kappa shape index (κ2) is 9.90. The Labute approximate surface area is 183 Å². The highest BCUT2D eigenvalue weighted by Crippen LogP contribution is 2.21. The third-order valence-electron chi connectivity index (χ3n) is 5.87. The van der Waals surface area contributed by atoms with Gasteiger partial charge >= 0.3 is 0 Å². The number of nitrogens with zero attached hydrogens (tertiary/aromatic N) is 4. The molecule has 0 aliphatic carbocycles. The number of carbonyl (C=O) groups excluding carboxylic acids is 1. The standard InChI is InChI=1S/C24H32N6O/c1-17-15-18(2)27-24(26-17)30-14-8-9-19(16-30)23(31)25-13-7-3-4-12-22-28-20-10-5-6-11-21(20)29-22/h5-6,10-11,15,19H,3-4,7-9,12-14,16H2,1-2H3,(H,25,31)(H,28,29)/t19-/m0/s1. The van der Waals surface area contributed by atoms with Gasteiger partial charge in [0.1, 0.15) is 5.82 Å². The molecular formula is C24H32N6O. The van der Waals surface area contributed by atoms with Crippen LogP contribution in [0.4, 0.5) is 5.95 Å². The molecular weight excluding hydrogens is 388 g/mol. The molecule has 3 heterocycles. The summed E-state index contributed by atoms with van der Waals surface area (Å²) in [5.41, 5.74) is 4.06. The van der Waals surface area contributed by atoms with Gasteiger partial charge in [-0.1, -0.05) is 18.6 Å². The van der Waals surface area contributed by atoms with E-state index in [9.17, 15) is 4.79 Å². The Morgan fingerprint density at radius 1 is 1.13 bits per heavy atom. The molecule has 1 atom stereocenters. The highest BCUT2D eigenvalue weighted by Gasteiger charge is 2.27. The molecule has 0 unspecified atom stereocenters. The van der Waals surface area contributed by atoms with E-state index in [0.717, 1.165) is 85.8 Å². The van der Waals surface area contributed by atoms with E-state index in [4.69, 9.17) is 0 Å². The van der Waals surface area contributed by atoms with Crippen molar-refractivity contribution in [3.63, 3.8) is 0 Å². The van der Waals surface area contributed by atoms with Crippen LogP contribution in [0.1, 0.15) is 49.3 Å². The molecule has 1 fully saturated rings. The minimum Gasteiger partial charge on any atom is -0.356 e. The predicted molar refractivity (Wildman–Crippen MR) is 123 cm³/mol. The molecule has 1 aliphatic rings. The van der Waals surface area contributed by atoms with E-state index in [1.807, 2.05) is 38.1 Å². The van der Waals surface area contributed by atoms with Gasteiger partial charge in [-0.05, 0) is 57.7 Å². The lowest BCUT2D eigenvalue weighted by Crippen LogP contribution is -2.44. The van der Waals surface area contributed by atoms with Gasteiger partial charge in [0.2, 0.25) is 11.9 Å². The maximum atomic E-state index is 12.7. The highest BCUT2D eigenvalue weighted by molar-refractivity contribution is 5.79. The molecule has 7 heteroatoms. The number of imidazole rings is 1. The Hall–Kier alpha value is -2.96. The second-order valence-corrected chi connectivity index (χ2v) is 8.54. The number of nitrogens with one attached hydrogen (secondary N) is 2. The maximum Gasteiger partial charge on any atom is 0.225 e. The average molecular weight is 421 g/mol. The van der Waals surface area contributed by atoms with Crippen LogP contribution in [0.25, 0.3) is 11.0 Å². The van der Waals surface area contributed by atoms with Crippen LogP contribution in [-0.2, 0) is 11.2 Å². The van der Waals surface area contributed by atoms with Gasteiger partial charge in [-0.2, -0.15) is 0 Å². The van der Waals surface area contributed by atoms with Crippen molar-refractivity contribution in [2.45, 2.75) is 52.4 Å². The number of benzene rings is 1. The number of amides is 1. The minimum absolute atomic E-state index is 0.00807. The van der Waals surface area contributed by atoms with Gasteiger partial charge in [-0.25, -0.2) is 15.0 Å². The number of aromatic nitrogens is 4. The number of hydrogen-bond acceptors (Lipinski definition) is 5. The van der Waals surface area contributed by atoms with Crippen molar-refractivity contribution in [1.29, 1.82) is 0 Å². The van der Waals surface area contributed by atoms with Crippen molar-refractivity contribution in [3.05, 3.63) is 47.5 Å². The molecule has 31 heavy (non-hydrogen) atoms. The van der Waals surface area contributed by atoms with Gasteiger partial charge in [0.25, 0.3) is 0 Å². The molecule has 2 aromatic heterocycles. The third-order valence-corrected chi connectivity index (χ3v) is 5.87. The van der Waals surface area contributed by atoms with Gasteiger partial charge in [0, 0.05) is 37.4 Å². The highest BCUT2D eigenvalue weighted by atomic mass is 16.1. The molecule has 1 aromatic carbocycles. The first-order chi connectivity index (χ1) is 15.1. The zero-order valence-corrected chi connectivity index (χ0v) is 18.5. The van der Waals surface area contributed by atoms with Crippen molar-refractivity contribution < 1.29 is 4.79 Å². The Balaban J connectivity index is 1.17. The van der Waals surface area contributed by atoms with Crippen LogP contribution in [-0.4, -0.2) is 45.5 Å². The normalized spacial score (nSPS) is 16.6. The topological polar surface area (TPSA) is 86.8 Å². The van der Waals surface area contributed by atoms with E-state index < -0.39 is 0 Å². The van der Waals surface area contributed by atoms with Crippen LogP contribution >= 0.6 is 0 Å². The lowest BCUT2D eigenvalue weighted by atomic mass is 9.97. The summed E-state index contributed by atoms with van der Waals surface area (Å²) in [6.45, 7) is 6.31. The van der Waals surface area contributed by atoms with Gasteiger partial charge in [-0.15, -0.1) is 0 Å². The largest absolute Gasteiger partial charge is 0.356 e. The van der Waals surface area contributed by atoms with Crippen LogP contribution in [0.15, 0.2) is 30.3 Å². The number of hydrogen-bond donors (Lipinski definition) is 2. The summed E-state index contributed by atoms with van der Waals surface area (Å²) in [5, 5.41) is 3.14. The molecule has 1 aliphatic heterocycles. The number of aryl methyl sites for hydroxylation is 3. The fraction of sp³-hybridized carbons (Fsp3) is 0.500. The van der Waals surface area contributed by atoms with Crippen molar-refractivity contribution in [2.75, 3.05) is 24.5 Å². The van der Waals surface area contributed by atoms with E-state index >= 15 is 0 Å². The SMILES string of the molecule is Cc1cc(C)nc(N2CCC[C@H](C(=O)NCCCCCc3nc4ccccc4[nH]3)C2)n1. The van der Waals surface area contributed by atoms with Gasteiger partial charge in [0.05, 0.1) is 17.0 Å². The monoisotopic (exact) mass is 420 g/mol. The lowest BCUT2D eigenvalue weighted by molar-refractivity contribution is -0.125. The van der Waals surface area contributed by atoms with Crippen molar-refractivity contribution in [1.82, 2.24) is 25.3 Å². The number of piperidine rings is 1. The predicted octanol–water partition coefficient (Wildman–Crippen LogP) is 3.72. The maximum absolute atomic E-state index is 12.7. The number of unbranched alkanes of at least 4 members (excludes halogenated alkanes) is 2. The second-order valence-electron chi connectivity index (χ2n) is 8.54. The van der Waals surface area contributed by atoms with E-state index in [2.05, 4.69) is 36.2 Å². The van der Waals surface area contributed by atoms with E-state index in [1.54, 1.807) is 0 Å². The van der Waals surface area contributed by atoms with Crippen LogP contribution in [0.5, 0.6) is 0 Å².